The molecule has 1 saturated heterocycles. The first-order valence-electron chi connectivity index (χ1n) is 12.9. The van der Waals surface area contributed by atoms with E-state index < -0.39 is 0 Å². The first-order valence-corrected chi connectivity index (χ1v) is 12.9. The van der Waals surface area contributed by atoms with Gasteiger partial charge in [-0.3, -0.25) is 4.98 Å². The van der Waals surface area contributed by atoms with Gasteiger partial charge in [0, 0.05) is 43.7 Å². The van der Waals surface area contributed by atoms with Crippen LogP contribution in [0.5, 0.6) is 23.1 Å². The van der Waals surface area contributed by atoms with Crippen LogP contribution in [-0.2, 0) is 6.42 Å². The number of hydrogen-bond donors (Lipinski definition) is 0. The van der Waals surface area contributed by atoms with Crippen molar-refractivity contribution in [2.75, 3.05) is 19.7 Å². The van der Waals surface area contributed by atoms with Gasteiger partial charge in [0.2, 0.25) is 5.88 Å². The van der Waals surface area contributed by atoms with E-state index in [1.807, 2.05) is 85.8 Å². The number of aromatic nitrogens is 2. The average Bonchev–Trinajstić information content (AvgIpc) is 2.96. The normalized spacial score (nSPS) is 13.7. The summed E-state index contributed by atoms with van der Waals surface area (Å²) in [4.78, 5) is 23.0. The number of carbonyl (C=O) groups excluding carboxylic acids is 1. The van der Waals surface area contributed by atoms with Gasteiger partial charge in [0.05, 0.1) is 6.61 Å². The zero-order chi connectivity index (χ0) is 26.2. The Balaban J connectivity index is 1.03. The van der Waals surface area contributed by atoms with E-state index in [0.717, 1.165) is 41.8 Å². The van der Waals surface area contributed by atoms with E-state index in [2.05, 4.69) is 9.97 Å². The number of pyridine rings is 2. The minimum absolute atomic E-state index is 0.305. The van der Waals surface area contributed by atoms with Gasteiger partial charge < -0.3 is 19.1 Å². The number of piperidine rings is 1. The van der Waals surface area contributed by atoms with Crippen LogP contribution in [0.3, 0.4) is 0 Å². The topological polar surface area (TPSA) is 73.8 Å². The lowest BCUT2D eigenvalue weighted by Gasteiger charge is -2.31. The third kappa shape index (κ3) is 7.09. The lowest BCUT2D eigenvalue weighted by atomic mass is 9.98. The van der Waals surface area contributed by atoms with Gasteiger partial charge in [0.15, 0.2) is 0 Å². The van der Waals surface area contributed by atoms with Crippen molar-refractivity contribution in [1.29, 1.82) is 0 Å². The third-order valence-corrected chi connectivity index (χ3v) is 6.53. The summed E-state index contributed by atoms with van der Waals surface area (Å²) in [5, 5.41) is 0. The molecule has 1 amide bonds. The van der Waals surface area contributed by atoms with Gasteiger partial charge in [0.1, 0.15) is 17.2 Å². The molecule has 0 aliphatic carbocycles. The molecular formula is C31H31N3O4. The van der Waals surface area contributed by atoms with Crippen molar-refractivity contribution >= 4 is 6.09 Å². The number of carbonyl (C=O) groups is 1. The minimum atomic E-state index is -0.305. The summed E-state index contributed by atoms with van der Waals surface area (Å²) in [7, 11) is 0. The van der Waals surface area contributed by atoms with E-state index in [9.17, 15) is 4.79 Å². The molecule has 0 radical (unpaired) electrons. The van der Waals surface area contributed by atoms with Crippen LogP contribution in [0.2, 0.25) is 0 Å². The Labute approximate surface area is 223 Å². The number of nitrogens with zero attached hydrogens (tertiary/aromatic N) is 3. The van der Waals surface area contributed by atoms with Crippen molar-refractivity contribution in [1.82, 2.24) is 14.9 Å². The summed E-state index contributed by atoms with van der Waals surface area (Å²) in [5.41, 5.74) is 3.21. The smallest absolute Gasteiger partial charge is 0.415 e. The Kier molecular flexibility index (Phi) is 8.13. The average molecular weight is 510 g/mol. The van der Waals surface area contributed by atoms with Crippen LogP contribution in [0.4, 0.5) is 4.79 Å². The number of likely N-dealkylation sites (tertiary alicyclic amines) is 1. The second-order valence-electron chi connectivity index (χ2n) is 9.50. The molecule has 0 saturated carbocycles. The van der Waals surface area contributed by atoms with E-state index in [0.29, 0.717) is 43.0 Å². The second-order valence-corrected chi connectivity index (χ2v) is 9.50. The number of aryl methyl sites for hydroxylation is 1. The third-order valence-electron chi connectivity index (χ3n) is 6.53. The standard InChI is InChI=1S/C31H31N3O4/c1-23-5-14-30(33-21-23)37-28-12-10-27(11-13-28)36-22-25-15-18-34(19-16-25)31(35)38-29-8-6-24(7-9-29)20-26-4-2-3-17-32-26/h2-14,17,21,25H,15-16,18-20,22H2,1H3. The van der Waals surface area contributed by atoms with Crippen LogP contribution >= 0.6 is 0 Å². The maximum atomic E-state index is 12.7. The maximum Gasteiger partial charge on any atom is 0.415 e. The Hall–Kier alpha value is -4.39. The van der Waals surface area contributed by atoms with E-state index in [1.165, 1.54) is 0 Å². The van der Waals surface area contributed by atoms with E-state index in [-0.39, 0.29) is 6.09 Å². The van der Waals surface area contributed by atoms with E-state index in [1.54, 1.807) is 17.3 Å². The van der Waals surface area contributed by atoms with Crippen molar-refractivity contribution in [3.05, 3.63) is 108 Å². The molecule has 2 aromatic carbocycles. The molecule has 7 heteroatoms. The van der Waals surface area contributed by atoms with Crippen LogP contribution in [0.25, 0.3) is 0 Å². The monoisotopic (exact) mass is 509 g/mol. The maximum absolute atomic E-state index is 12.7. The fourth-order valence-electron chi connectivity index (χ4n) is 4.29. The van der Waals surface area contributed by atoms with Crippen molar-refractivity contribution < 1.29 is 19.0 Å². The molecule has 3 heterocycles. The highest BCUT2D eigenvalue weighted by atomic mass is 16.6. The molecule has 5 rings (SSSR count). The van der Waals surface area contributed by atoms with Gasteiger partial charge in [-0.1, -0.05) is 24.3 Å². The molecule has 0 atom stereocenters. The summed E-state index contributed by atoms with van der Waals surface area (Å²) < 4.78 is 17.4. The molecule has 4 aromatic rings. The molecular weight excluding hydrogens is 478 g/mol. The number of rotatable bonds is 8. The van der Waals surface area contributed by atoms with Crippen LogP contribution in [0.15, 0.2) is 91.3 Å². The highest BCUT2D eigenvalue weighted by Gasteiger charge is 2.24. The molecule has 38 heavy (non-hydrogen) atoms. The fourth-order valence-corrected chi connectivity index (χ4v) is 4.29. The number of amides is 1. The Bertz CT molecular complexity index is 1300. The molecule has 0 bridgehead atoms. The van der Waals surface area contributed by atoms with Crippen molar-refractivity contribution in [2.45, 2.75) is 26.2 Å². The molecule has 194 valence electrons. The lowest BCUT2D eigenvalue weighted by Crippen LogP contribution is -2.41. The first-order chi connectivity index (χ1) is 18.6. The summed E-state index contributed by atoms with van der Waals surface area (Å²) in [6, 6.07) is 24.9. The van der Waals surface area contributed by atoms with E-state index >= 15 is 0 Å². The number of ether oxygens (including phenoxy) is 3. The molecule has 1 aliphatic rings. The molecule has 0 spiro atoms. The van der Waals surface area contributed by atoms with Gasteiger partial charge in [-0.2, -0.15) is 0 Å². The van der Waals surface area contributed by atoms with Gasteiger partial charge >= 0.3 is 6.09 Å². The molecule has 0 unspecified atom stereocenters. The summed E-state index contributed by atoms with van der Waals surface area (Å²) in [6.07, 6.45) is 5.75. The predicted molar refractivity (Wildman–Crippen MR) is 145 cm³/mol. The zero-order valence-corrected chi connectivity index (χ0v) is 21.5. The molecule has 7 nitrogen and oxygen atoms in total. The highest BCUT2D eigenvalue weighted by molar-refractivity contribution is 5.70. The van der Waals surface area contributed by atoms with Crippen LogP contribution in [0, 0.1) is 12.8 Å². The lowest BCUT2D eigenvalue weighted by molar-refractivity contribution is 0.117. The minimum Gasteiger partial charge on any atom is -0.493 e. The Morgan fingerprint density at radius 1 is 0.868 bits per heavy atom. The highest BCUT2D eigenvalue weighted by Crippen LogP contribution is 2.25. The van der Waals surface area contributed by atoms with Crippen LogP contribution in [0.1, 0.15) is 29.7 Å². The SMILES string of the molecule is Cc1ccc(Oc2ccc(OCC3CCN(C(=O)Oc4ccc(Cc5ccccn5)cc4)CC3)cc2)nc1. The van der Waals surface area contributed by atoms with Crippen molar-refractivity contribution in [3.8, 4) is 23.1 Å². The quantitative estimate of drug-likeness (QED) is 0.271. The number of hydrogen-bond acceptors (Lipinski definition) is 6. The van der Waals surface area contributed by atoms with Crippen molar-refractivity contribution in [3.63, 3.8) is 0 Å². The van der Waals surface area contributed by atoms with Gasteiger partial charge in [-0.15, -0.1) is 0 Å². The zero-order valence-electron chi connectivity index (χ0n) is 21.5. The molecule has 1 fully saturated rings. The van der Waals surface area contributed by atoms with Crippen LogP contribution in [-0.4, -0.2) is 40.7 Å². The first kappa shape index (κ1) is 25.3. The van der Waals surface area contributed by atoms with Gasteiger partial charge in [-0.05, 0) is 85.3 Å². The molecule has 0 N–H and O–H groups in total. The number of benzene rings is 2. The van der Waals surface area contributed by atoms with Gasteiger partial charge in [-0.25, -0.2) is 9.78 Å². The van der Waals surface area contributed by atoms with Gasteiger partial charge in [0.25, 0.3) is 0 Å². The molecule has 1 aliphatic heterocycles. The Morgan fingerprint density at radius 3 is 2.29 bits per heavy atom. The Morgan fingerprint density at radius 2 is 1.61 bits per heavy atom. The molecule has 2 aromatic heterocycles. The largest absolute Gasteiger partial charge is 0.493 e. The predicted octanol–water partition coefficient (Wildman–Crippen LogP) is 6.46. The summed E-state index contributed by atoms with van der Waals surface area (Å²) >= 11 is 0. The van der Waals surface area contributed by atoms with Crippen LogP contribution < -0.4 is 14.2 Å². The summed E-state index contributed by atoms with van der Waals surface area (Å²) in [5.74, 6) is 3.01. The van der Waals surface area contributed by atoms with E-state index in [4.69, 9.17) is 14.2 Å². The second kappa shape index (κ2) is 12.2. The summed E-state index contributed by atoms with van der Waals surface area (Å²) in [6.45, 7) is 3.91. The fraction of sp³-hybridized carbons (Fsp3) is 0.258. The van der Waals surface area contributed by atoms with Crippen molar-refractivity contribution in [2.24, 2.45) is 5.92 Å².